The summed E-state index contributed by atoms with van der Waals surface area (Å²) in [4.78, 5) is 13.0. The molecule has 1 atom stereocenters. The van der Waals surface area contributed by atoms with Crippen molar-refractivity contribution in [2.45, 2.75) is 29.8 Å². The molecule has 0 aromatic heterocycles. The van der Waals surface area contributed by atoms with Gasteiger partial charge in [-0.25, -0.2) is 21.6 Å². The molecule has 132 valence electrons. The Balaban J connectivity index is 1.93. The molecule has 0 spiro atoms. The van der Waals surface area contributed by atoms with Crippen LogP contribution >= 0.6 is 11.8 Å². The fourth-order valence-electron chi connectivity index (χ4n) is 2.56. The number of halogens is 3. The van der Waals surface area contributed by atoms with Crippen molar-refractivity contribution in [2.24, 2.45) is 0 Å². The number of hydrogen-bond acceptors (Lipinski definition) is 4. The minimum Gasteiger partial charge on any atom is -0.341 e. The van der Waals surface area contributed by atoms with E-state index in [1.807, 2.05) is 0 Å². The Labute approximate surface area is 141 Å². The molecular weight excluding hydrogens is 365 g/mol. The van der Waals surface area contributed by atoms with Crippen LogP contribution in [0.25, 0.3) is 0 Å². The number of rotatable bonds is 4. The average molecular weight is 380 g/mol. The normalized spacial score (nSPS) is 21.9. The molecular formula is C14H15F3N2O3S2. The Bertz CT molecular complexity index is 784. The van der Waals surface area contributed by atoms with Crippen molar-refractivity contribution in [1.29, 1.82) is 0 Å². The largest absolute Gasteiger partial charge is 0.341 e. The number of amides is 1. The van der Waals surface area contributed by atoms with Gasteiger partial charge in [-0.15, -0.1) is 11.8 Å². The number of sulfonamides is 1. The fourth-order valence-corrected chi connectivity index (χ4v) is 5.76. The molecule has 1 heterocycles. The van der Waals surface area contributed by atoms with Crippen LogP contribution in [0, 0.1) is 17.5 Å². The molecule has 5 nitrogen and oxygen atoms in total. The van der Waals surface area contributed by atoms with Crippen LogP contribution in [0.4, 0.5) is 13.2 Å². The Morgan fingerprint density at radius 1 is 1.21 bits per heavy atom. The van der Waals surface area contributed by atoms with Gasteiger partial charge in [-0.3, -0.25) is 4.79 Å². The van der Waals surface area contributed by atoms with Crippen molar-refractivity contribution in [2.75, 3.05) is 18.7 Å². The summed E-state index contributed by atoms with van der Waals surface area (Å²) in [7, 11) is -2.86. The number of thioether (sulfide) groups is 1. The van der Waals surface area contributed by atoms with Crippen LogP contribution in [0.1, 0.15) is 12.8 Å². The molecule has 1 aromatic carbocycles. The van der Waals surface area contributed by atoms with E-state index in [-0.39, 0.29) is 29.6 Å². The lowest BCUT2D eigenvalue weighted by atomic mass is 10.3. The minimum absolute atomic E-state index is 0.0460. The zero-order valence-electron chi connectivity index (χ0n) is 12.7. The van der Waals surface area contributed by atoms with E-state index in [1.165, 1.54) is 16.7 Å². The second-order valence-corrected chi connectivity index (χ2v) is 8.64. The van der Waals surface area contributed by atoms with Crippen molar-refractivity contribution in [3.8, 4) is 0 Å². The molecule has 1 aliphatic heterocycles. The smallest absolute Gasteiger partial charge is 0.247 e. The number of nitrogens with zero attached hydrogens (tertiary/aromatic N) is 2. The van der Waals surface area contributed by atoms with Gasteiger partial charge in [0.1, 0.15) is 16.8 Å². The predicted octanol–water partition coefficient (Wildman–Crippen LogP) is 1.79. The van der Waals surface area contributed by atoms with Gasteiger partial charge in [0.15, 0.2) is 11.6 Å². The summed E-state index contributed by atoms with van der Waals surface area (Å²) in [6, 6.07) is -0.362. The third-order valence-electron chi connectivity index (χ3n) is 4.13. The highest BCUT2D eigenvalue weighted by molar-refractivity contribution is 8.00. The van der Waals surface area contributed by atoms with Crippen LogP contribution in [-0.4, -0.2) is 54.3 Å². The fraction of sp³-hybridized carbons (Fsp3) is 0.500. The van der Waals surface area contributed by atoms with Gasteiger partial charge in [0.25, 0.3) is 0 Å². The van der Waals surface area contributed by atoms with Gasteiger partial charge in [-0.2, -0.15) is 4.31 Å². The highest BCUT2D eigenvalue weighted by Gasteiger charge is 2.44. The molecule has 1 amide bonds. The molecule has 0 bridgehead atoms. The zero-order valence-corrected chi connectivity index (χ0v) is 14.3. The van der Waals surface area contributed by atoms with Crippen LogP contribution in [0.15, 0.2) is 17.0 Å². The van der Waals surface area contributed by atoms with E-state index in [2.05, 4.69) is 0 Å². The molecule has 1 aromatic rings. The second kappa shape index (κ2) is 6.23. The first kappa shape index (κ1) is 17.6. The maximum atomic E-state index is 13.9. The quantitative estimate of drug-likeness (QED) is 0.748. The molecule has 10 heteroatoms. The summed E-state index contributed by atoms with van der Waals surface area (Å²) in [5.41, 5.74) is 0. The summed E-state index contributed by atoms with van der Waals surface area (Å²) in [5, 5.41) is 0. The van der Waals surface area contributed by atoms with E-state index in [9.17, 15) is 26.4 Å². The van der Waals surface area contributed by atoms with Crippen molar-refractivity contribution >= 4 is 27.7 Å². The SMILES string of the molecule is CN(C(=O)C1CSCN1S(=O)(=O)c1cc(F)c(F)cc1F)C1CC1. The van der Waals surface area contributed by atoms with Gasteiger partial charge in [0.2, 0.25) is 15.9 Å². The Morgan fingerprint density at radius 3 is 2.46 bits per heavy atom. The van der Waals surface area contributed by atoms with E-state index in [4.69, 9.17) is 0 Å². The third-order valence-corrected chi connectivity index (χ3v) is 7.18. The molecule has 2 fully saturated rings. The van der Waals surface area contributed by atoms with E-state index in [1.54, 1.807) is 7.05 Å². The Hall–Kier alpha value is -1.26. The number of hydrogen-bond donors (Lipinski definition) is 0. The first-order chi connectivity index (χ1) is 11.2. The van der Waals surface area contributed by atoms with E-state index >= 15 is 0 Å². The van der Waals surface area contributed by atoms with Crippen molar-refractivity contribution in [3.63, 3.8) is 0 Å². The monoisotopic (exact) mass is 380 g/mol. The molecule has 24 heavy (non-hydrogen) atoms. The Kier molecular flexibility index (Phi) is 4.56. The first-order valence-corrected chi connectivity index (χ1v) is 9.83. The van der Waals surface area contributed by atoms with Gasteiger partial charge in [0.05, 0.1) is 5.88 Å². The number of benzene rings is 1. The van der Waals surface area contributed by atoms with Crippen LogP contribution < -0.4 is 0 Å². The number of carbonyl (C=O) groups is 1. The molecule has 2 aliphatic rings. The molecule has 3 rings (SSSR count). The summed E-state index contributed by atoms with van der Waals surface area (Å²) in [5.74, 6) is -4.49. The lowest BCUT2D eigenvalue weighted by molar-refractivity contribution is -0.133. The van der Waals surface area contributed by atoms with E-state index in [0.29, 0.717) is 6.07 Å². The highest BCUT2D eigenvalue weighted by atomic mass is 32.2. The first-order valence-electron chi connectivity index (χ1n) is 7.24. The van der Waals surface area contributed by atoms with Crippen LogP contribution in [0.5, 0.6) is 0 Å². The second-order valence-electron chi connectivity index (χ2n) is 5.78. The number of carbonyl (C=O) groups excluding carboxylic acids is 1. The molecule has 0 radical (unpaired) electrons. The summed E-state index contributed by atoms with van der Waals surface area (Å²) >= 11 is 1.21. The van der Waals surface area contributed by atoms with Crippen LogP contribution in [0.3, 0.4) is 0 Å². The molecule has 1 saturated heterocycles. The maximum Gasteiger partial charge on any atom is 0.247 e. The van der Waals surface area contributed by atoms with Gasteiger partial charge < -0.3 is 4.90 Å². The van der Waals surface area contributed by atoms with Crippen molar-refractivity contribution in [1.82, 2.24) is 9.21 Å². The molecule has 1 unspecified atom stereocenters. The molecule has 1 saturated carbocycles. The van der Waals surface area contributed by atoms with E-state index in [0.717, 1.165) is 17.1 Å². The topological polar surface area (TPSA) is 57.7 Å². The summed E-state index contributed by atoms with van der Waals surface area (Å²) in [6.45, 7) is 0. The van der Waals surface area contributed by atoms with Gasteiger partial charge in [0, 0.05) is 24.9 Å². The van der Waals surface area contributed by atoms with Gasteiger partial charge >= 0.3 is 0 Å². The lowest BCUT2D eigenvalue weighted by Crippen LogP contribution is -2.48. The standard InChI is InChI=1S/C14H15F3N2O3S2/c1-18(8-2-3-8)14(20)12-6-23-7-19(12)24(21,22)13-5-10(16)9(15)4-11(13)17/h4-5,8,12H,2-3,6-7H2,1H3. The van der Waals surface area contributed by atoms with Gasteiger partial charge in [-0.05, 0) is 18.9 Å². The molecule has 0 N–H and O–H groups in total. The van der Waals surface area contributed by atoms with Gasteiger partial charge in [-0.1, -0.05) is 0 Å². The Morgan fingerprint density at radius 2 is 1.83 bits per heavy atom. The lowest BCUT2D eigenvalue weighted by Gasteiger charge is -2.27. The van der Waals surface area contributed by atoms with Crippen molar-refractivity contribution in [3.05, 3.63) is 29.6 Å². The highest BCUT2D eigenvalue weighted by Crippen LogP contribution is 2.33. The minimum atomic E-state index is -4.46. The summed E-state index contributed by atoms with van der Waals surface area (Å²) in [6.07, 6.45) is 1.74. The average Bonchev–Trinajstić information content (AvgIpc) is 3.25. The summed E-state index contributed by atoms with van der Waals surface area (Å²) < 4.78 is 66.5. The zero-order chi connectivity index (χ0) is 17.6. The predicted molar refractivity (Wildman–Crippen MR) is 82.2 cm³/mol. The third kappa shape index (κ3) is 3.02. The van der Waals surface area contributed by atoms with Crippen LogP contribution in [-0.2, 0) is 14.8 Å². The van der Waals surface area contributed by atoms with Crippen LogP contribution in [0.2, 0.25) is 0 Å². The van der Waals surface area contributed by atoms with Crippen molar-refractivity contribution < 1.29 is 26.4 Å². The maximum absolute atomic E-state index is 13.9. The van der Waals surface area contributed by atoms with E-state index < -0.39 is 38.4 Å². The number of likely N-dealkylation sites (N-methyl/N-ethyl adjacent to an activating group) is 1. The molecule has 1 aliphatic carbocycles.